The molecule has 2 rings (SSSR count). The number of thiocarbonyl (C=S) groups is 1. The van der Waals surface area contributed by atoms with Crippen LogP contribution in [0.4, 0.5) is 5.69 Å². The van der Waals surface area contributed by atoms with Gasteiger partial charge in [0, 0.05) is 12.6 Å². The van der Waals surface area contributed by atoms with Crippen molar-refractivity contribution < 1.29 is 9.47 Å². The lowest BCUT2D eigenvalue weighted by Gasteiger charge is -2.15. The normalized spacial score (nSPS) is 10.2. The Kier molecular flexibility index (Phi) is 6.44. The van der Waals surface area contributed by atoms with Crippen LogP contribution >= 0.6 is 12.2 Å². The van der Waals surface area contributed by atoms with Crippen molar-refractivity contribution in [3.63, 3.8) is 0 Å². The third-order valence-corrected chi connectivity index (χ3v) is 4.08. The van der Waals surface area contributed by atoms with Gasteiger partial charge in [-0.2, -0.15) is 0 Å². The van der Waals surface area contributed by atoms with Crippen LogP contribution in [0.2, 0.25) is 0 Å². The van der Waals surface area contributed by atoms with Gasteiger partial charge in [-0.15, -0.1) is 0 Å². The zero-order valence-electron chi connectivity index (χ0n) is 14.6. The Morgan fingerprint density at radius 1 is 1.04 bits per heavy atom. The van der Waals surface area contributed by atoms with Crippen LogP contribution < -0.4 is 20.1 Å². The molecule has 0 aliphatic rings. The summed E-state index contributed by atoms with van der Waals surface area (Å²) in [4.78, 5) is 0. The molecular formula is C19H24N2O2S. The second-order valence-electron chi connectivity index (χ2n) is 5.63. The first-order valence-electron chi connectivity index (χ1n) is 7.86. The number of rotatable bonds is 6. The molecule has 4 nitrogen and oxygen atoms in total. The number of benzene rings is 2. The molecule has 0 saturated heterocycles. The monoisotopic (exact) mass is 344 g/mol. The lowest BCUT2D eigenvalue weighted by molar-refractivity contribution is 0.405. The average molecular weight is 344 g/mol. The van der Waals surface area contributed by atoms with Crippen molar-refractivity contribution in [3.05, 3.63) is 53.1 Å². The molecule has 5 heteroatoms. The van der Waals surface area contributed by atoms with Crippen LogP contribution in [0.5, 0.6) is 11.5 Å². The Morgan fingerprint density at radius 3 is 2.50 bits per heavy atom. The minimum atomic E-state index is 0.561. The molecule has 0 aromatic heterocycles. The maximum Gasteiger partial charge on any atom is 0.170 e. The second kappa shape index (κ2) is 8.55. The molecule has 24 heavy (non-hydrogen) atoms. The van der Waals surface area contributed by atoms with Crippen molar-refractivity contribution in [2.75, 3.05) is 26.1 Å². The van der Waals surface area contributed by atoms with Gasteiger partial charge in [-0.1, -0.05) is 23.8 Å². The van der Waals surface area contributed by atoms with E-state index in [1.165, 1.54) is 16.7 Å². The lowest BCUT2D eigenvalue weighted by Crippen LogP contribution is -2.30. The lowest BCUT2D eigenvalue weighted by atomic mass is 10.0. The molecule has 128 valence electrons. The van der Waals surface area contributed by atoms with E-state index in [0.717, 1.165) is 24.4 Å². The Labute approximate surface area is 149 Å². The second-order valence-corrected chi connectivity index (χ2v) is 6.04. The fourth-order valence-corrected chi connectivity index (χ4v) is 2.73. The van der Waals surface area contributed by atoms with Crippen LogP contribution in [0.15, 0.2) is 36.4 Å². The summed E-state index contributed by atoms with van der Waals surface area (Å²) >= 11 is 5.37. The number of ether oxygens (including phenoxy) is 2. The molecule has 0 spiro atoms. The van der Waals surface area contributed by atoms with Crippen molar-refractivity contribution in [2.24, 2.45) is 0 Å². The zero-order chi connectivity index (χ0) is 17.5. The van der Waals surface area contributed by atoms with Gasteiger partial charge >= 0.3 is 0 Å². The van der Waals surface area contributed by atoms with Crippen molar-refractivity contribution in [1.29, 1.82) is 0 Å². The quantitative estimate of drug-likeness (QED) is 0.779. The maximum atomic E-state index is 5.37. The van der Waals surface area contributed by atoms with E-state index in [-0.39, 0.29) is 0 Å². The highest BCUT2D eigenvalue weighted by Gasteiger charge is 2.07. The highest BCUT2D eigenvalue weighted by atomic mass is 32.1. The first-order valence-corrected chi connectivity index (χ1v) is 8.27. The Balaban J connectivity index is 1.91. The van der Waals surface area contributed by atoms with E-state index in [0.29, 0.717) is 10.9 Å². The molecule has 0 fully saturated rings. The number of nitrogens with one attached hydrogen (secondary N) is 2. The fraction of sp³-hybridized carbons (Fsp3) is 0.316. The summed E-state index contributed by atoms with van der Waals surface area (Å²) in [5.41, 5.74) is 4.70. The molecule has 0 bridgehead atoms. The number of anilines is 1. The van der Waals surface area contributed by atoms with Gasteiger partial charge in [0.15, 0.2) is 5.11 Å². The van der Waals surface area contributed by atoms with Crippen molar-refractivity contribution in [1.82, 2.24) is 5.32 Å². The number of hydrogen-bond donors (Lipinski definition) is 2. The molecular weight excluding hydrogens is 320 g/mol. The molecule has 0 radical (unpaired) electrons. The Bertz CT molecular complexity index is 717. The maximum absolute atomic E-state index is 5.37. The molecule has 2 aromatic carbocycles. The van der Waals surface area contributed by atoms with E-state index in [9.17, 15) is 0 Å². The van der Waals surface area contributed by atoms with E-state index in [1.54, 1.807) is 14.2 Å². The number of hydrogen-bond acceptors (Lipinski definition) is 3. The molecule has 0 aliphatic heterocycles. The van der Waals surface area contributed by atoms with Gasteiger partial charge in [0.05, 0.1) is 19.9 Å². The summed E-state index contributed by atoms with van der Waals surface area (Å²) in [5.74, 6) is 1.46. The van der Waals surface area contributed by atoms with Gasteiger partial charge in [0.1, 0.15) is 11.5 Å². The van der Waals surface area contributed by atoms with Crippen molar-refractivity contribution in [2.45, 2.75) is 20.3 Å². The average Bonchev–Trinajstić information content (AvgIpc) is 2.56. The summed E-state index contributed by atoms with van der Waals surface area (Å²) < 4.78 is 10.6. The third-order valence-electron chi connectivity index (χ3n) is 3.83. The highest BCUT2D eigenvalue weighted by Crippen LogP contribution is 2.28. The Morgan fingerprint density at radius 2 is 1.83 bits per heavy atom. The largest absolute Gasteiger partial charge is 0.497 e. The molecule has 0 aliphatic carbocycles. The van der Waals surface area contributed by atoms with E-state index >= 15 is 0 Å². The van der Waals surface area contributed by atoms with Crippen molar-refractivity contribution in [3.8, 4) is 11.5 Å². The molecule has 0 atom stereocenters. The number of methoxy groups -OCH3 is 2. The van der Waals surface area contributed by atoms with Crippen molar-refractivity contribution >= 4 is 23.0 Å². The van der Waals surface area contributed by atoms with Crippen LogP contribution in [0, 0.1) is 13.8 Å². The van der Waals surface area contributed by atoms with Gasteiger partial charge in [0.2, 0.25) is 0 Å². The van der Waals surface area contributed by atoms with E-state index in [4.69, 9.17) is 21.7 Å². The smallest absolute Gasteiger partial charge is 0.170 e. The van der Waals surface area contributed by atoms with Crippen LogP contribution in [-0.2, 0) is 6.42 Å². The van der Waals surface area contributed by atoms with Crippen LogP contribution in [-0.4, -0.2) is 25.9 Å². The predicted octanol–water partition coefficient (Wildman–Crippen LogP) is 3.85. The molecule has 0 unspecified atom stereocenters. The zero-order valence-corrected chi connectivity index (χ0v) is 15.4. The standard InChI is InChI=1S/C19H24N2O2S/c1-13-5-6-15(14(2)11-13)9-10-20-19(24)21-17-12-16(22-3)7-8-18(17)23-4/h5-8,11-12H,9-10H2,1-4H3,(H2,20,21,24). The highest BCUT2D eigenvalue weighted by molar-refractivity contribution is 7.80. The fourth-order valence-electron chi connectivity index (χ4n) is 2.52. The molecule has 2 N–H and O–H groups in total. The minimum absolute atomic E-state index is 0.561. The summed E-state index contributed by atoms with van der Waals surface area (Å²) in [7, 11) is 3.26. The SMILES string of the molecule is COc1ccc(OC)c(NC(=S)NCCc2ccc(C)cc2C)c1. The summed E-state index contributed by atoms with van der Waals surface area (Å²) in [5, 5.41) is 6.96. The van der Waals surface area contributed by atoms with Gasteiger partial charge < -0.3 is 20.1 Å². The Hall–Kier alpha value is -2.27. The molecule has 0 heterocycles. The van der Waals surface area contributed by atoms with Gasteiger partial charge in [-0.3, -0.25) is 0 Å². The molecule has 2 aromatic rings. The van der Waals surface area contributed by atoms with Crippen LogP contribution in [0.1, 0.15) is 16.7 Å². The van der Waals surface area contributed by atoms with Gasteiger partial charge in [-0.05, 0) is 55.7 Å². The predicted molar refractivity (Wildman–Crippen MR) is 103 cm³/mol. The summed E-state index contributed by atoms with van der Waals surface area (Å²) in [6.45, 7) is 5.01. The molecule has 0 saturated carbocycles. The van der Waals surface area contributed by atoms with E-state index in [1.807, 2.05) is 18.2 Å². The minimum Gasteiger partial charge on any atom is -0.497 e. The topological polar surface area (TPSA) is 42.5 Å². The van der Waals surface area contributed by atoms with Gasteiger partial charge in [-0.25, -0.2) is 0 Å². The first-order chi connectivity index (χ1) is 11.5. The summed E-state index contributed by atoms with van der Waals surface area (Å²) in [6.07, 6.45) is 0.920. The molecule has 0 amide bonds. The number of aryl methyl sites for hydroxylation is 2. The third kappa shape index (κ3) is 4.86. The summed E-state index contributed by atoms with van der Waals surface area (Å²) in [6, 6.07) is 12.1. The van der Waals surface area contributed by atoms with E-state index < -0.39 is 0 Å². The van der Waals surface area contributed by atoms with Gasteiger partial charge in [0.25, 0.3) is 0 Å². The first kappa shape index (κ1) is 18.1. The van der Waals surface area contributed by atoms with E-state index in [2.05, 4.69) is 42.7 Å². The van der Waals surface area contributed by atoms with Crippen LogP contribution in [0.3, 0.4) is 0 Å². The van der Waals surface area contributed by atoms with Crippen LogP contribution in [0.25, 0.3) is 0 Å².